The standard InChI is InChI=1S/C18H22N2O5/c1-6-23-11(2)16-13-9-12(7-8-14(13)19-20-16)17(22)24-10-15(21)25-18(3,4)5/h7-9H,2,6,10H2,1,3-5H3,(H,19,20). The predicted octanol–water partition coefficient (Wildman–Crippen LogP) is 3.07. The monoisotopic (exact) mass is 346 g/mol. The van der Waals surface area contributed by atoms with E-state index in [1.54, 1.807) is 39.0 Å². The average molecular weight is 346 g/mol. The number of nitrogens with one attached hydrogen (secondary N) is 1. The number of esters is 2. The molecule has 2 aromatic rings. The van der Waals surface area contributed by atoms with Gasteiger partial charge in [-0.25, -0.2) is 9.59 Å². The second kappa shape index (κ2) is 7.38. The van der Waals surface area contributed by atoms with E-state index in [4.69, 9.17) is 14.2 Å². The number of rotatable bonds is 6. The average Bonchev–Trinajstić information content (AvgIpc) is 2.94. The number of carbonyl (C=O) groups is 2. The molecule has 134 valence electrons. The number of carbonyl (C=O) groups excluding carboxylic acids is 2. The molecule has 25 heavy (non-hydrogen) atoms. The Balaban J connectivity index is 2.12. The third kappa shape index (κ3) is 4.82. The second-order valence-electron chi connectivity index (χ2n) is 6.35. The van der Waals surface area contributed by atoms with Crippen LogP contribution in [0.25, 0.3) is 16.7 Å². The summed E-state index contributed by atoms with van der Waals surface area (Å²) in [5.41, 5.74) is 0.925. The molecule has 2 rings (SSSR count). The lowest BCUT2D eigenvalue weighted by molar-refractivity contribution is -0.158. The molecule has 0 aliphatic rings. The molecule has 0 aliphatic heterocycles. The van der Waals surface area contributed by atoms with Crippen LogP contribution in [0.1, 0.15) is 43.7 Å². The van der Waals surface area contributed by atoms with Gasteiger partial charge in [0, 0.05) is 5.39 Å². The van der Waals surface area contributed by atoms with Crippen molar-refractivity contribution >= 4 is 28.6 Å². The van der Waals surface area contributed by atoms with Crippen LogP contribution >= 0.6 is 0 Å². The van der Waals surface area contributed by atoms with Crippen LogP contribution < -0.4 is 0 Å². The van der Waals surface area contributed by atoms with Crippen LogP contribution in [0.15, 0.2) is 24.8 Å². The first kappa shape index (κ1) is 18.5. The maximum Gasteiger partial charge on any atom is 0.344 e. The zero-order valence-electron chi connectivity index (χ0n) is 14.8. The van der Waals surface area contributed by atoms with E-state index in [1.807, 2.05) is 6.92 Å². The van der Waals surface area contributed by atoms with Gasteiger partial charge in [0.05, 0.1) is 17.7 Å². The summed E-state index contributed by atoms with van der Waals surface area (Å²) in [6.07, 6.45) is 0. The van der Waals surface area contributed by atoms with E-state index in [-0.39, 0.29) is 0 Å². The lowest BCUT2D eigenvalue weighted by atomic mass is 10.1. The largest absolute Gasteiger partial charge is 0.492 e. The molecule has 1 N–H and O–H groups in total. The molecule has 0 fully saturated rings. The Morgan fingerprint density at radius 1 is 1.24 bits per heavy atom. The Labute approximate surface area is 145 Å². The van der Waals surface area contributed by atoms with Gasteiger partial charge in [0.1, 0.15) is 17.1 Å². The summed E-state index contributed by atoms with van der Waals surface area (Å²) in [5, 5.41) is 7.69. The molecule has 0 amide bonds. The molecular formula is C18H22N2O5. The van der Waals surface area contributed by atoms with Gasteiger partial charge in [0.2, 0.25) is 0 Å². The molecule has 0 bridgehead atoms. The smallest absolute Gasteiger partial charge is 0.344 e. The van der Waals surface area contributed by atoms with Crippen molar-refractivity contribution in [2.75, 3.05) is 13.2 Å². The van der Waals surface area contributed by atoms with Crippen molar-refractivity contribution in [1.82, 2.24) is 10.2 Å². The predicted molar refractivity (Wildman–Crippen MR) is 92.9 cm³/mol. The molecule has 0 radical (unpaired) electrons. The fourth-order valence-corrected chi connectivity index (χ4v) is 2.17. The van der Waals surface area contributed by atoms with Gasteiger partial charge in [-0.15, -0.1) is 0 Å². The van der Waals surface area contributed by atoms with Crippen LogP contribution in [-0.2, 0) is 19.0 Å². The van der Waals surface area contributed by atoms with Crippen LogP contribution in [-0.4, -0.2) is 41.0 Å². The Morgan fingerprint density at radius 3 is 2.60 bits per heavy atom. The first-order valence-corrected chi connectivity index (χ1v) is 7.90. The van der Waals surface area contributed by atoms with Gasteiger partial charge in [-0.3, -0.25) is 5.10 Å². The third-order valence-corrected chi connectivity index (χ3v) is 3.12. The molecule has 1 heterocycles. The minimum absolute atomic E-state index is 0.294. The van der Waals surface area contributed by atoms with E-state index in [9.17, 15) is 9.59 Å². The summed E-state index contributed by atoms with van der Waals surface area (Å²) in [4.78, 5) is 23.8. The number of ether oxygens (including phenoxy) is 3. The summed E-state index contributed by atoms with van der Waals surface area (Å²) in [6, 6.07) is 4.91. The van der Waals surface area contributed by atoms with E-state index in [2.05, 4.69) is 16.8 Å². The molecular weight excluding hydrogens is 324 g/mol. The summed E-state index contributed by atoms with van der Waals surface area (Å²) < 4.78 is 15.5. The Kier molecular flexibility index (Phi) is 5.46. The van der Waals surface area contributed by atoms with Crippen molar-refractivity contribution in [2.45, 2.75) is 33.3 Å². The maximum atomic E-state index is 12.2. The van der Waals surface area contributed by atoms with Crippen LogP contribution in [0, 0.1) is 0 Å². The highest BCUT2D eigenvalue weighted by molar-refractivity contribution is 5.97. The second-order valence-corrected chi connectivity index (χ2v) is 6.35. The molecule has 1 aromatic heterocycles. The first-order chi connectivity index (χ1) is 11.7. The van der Waals surface area contributed by atoms with Gasteiger partial charge in [0.25, 0.3) is 0 Å². The molecule has 0 aliphatic carbocycles. The van der Waals surface area contributed by atoms with Crippen molar-refractivity contribution in [1.29, 1.82) is 0 Å². The van der Waals surface area contributed by atoms with Crippen LogP contribution in [0.5, 0.6) is 0 Å². The molecule has 7 nitrogen and oxygen atoms in total. The van der Waals surface area contributed by atoms with E-state index in [0.29, 0.717) is 29.0 Å². The van der Waals surface area contributed by atoms with Crippen molar-refractivity contribution in [3.05, 3.63) is 36.0 Å². The molecule has 7 heteroatoms. The highest BCUT2D eigenvalue weighted by Gasteiger charge is 2.19. The number of H-pyrrole nitrogens is 1. The van der Waals surface area contributed by atoms with Crippen LogP contribution in [0.2, 0.25) is 0 Å². The van der Waals surface area contributed by atoms with Gasteiger partial charge in [-0.05, 0) is 45.9 Å². The van der Waals surface area contributed by atoms with Crippen molar-refractivity contribution in [3.8, 4) is 0 Å². The van der Waals surface area contributed by atoms with Gasteiger partial charge in [-0.1, -0.05) is 6.58 Å². The summed E-state index contributed by atoms with van der Waals surface area (Å²) >= 11 is 0. The van der Waals surface area contributed by atoms with Gasteiger partial charge in [-0.2, -0.15) is 5.10 Å². The van der Waals surface area contributed by atoms with Gasteiger partial charge in [0.15, 0.2) is 6.61 Å². The third-order valence-electron chi connectivity index (χ3n) is 3.12. The van der Waals surface area contributed by atoms with Crippen LogP contribution in [0.4, 0.5) is 0 Å². The molecule has 0 unspecified atom stereocenters. The zero-order valence-corrected chi connectivity index (χ0v) is 14.8. The first-order valence-electron chi connectivity index (χ1n) is 7.90. The topological polar surface area (TPSA) is 90.5 Å². The van der Waals surface area contributed by atoms with Crippen molar-refractivity contribution in [2.24, 2.45) is 0 Å². The highest BCUT2D eigenvalue weighted by atomic mass is 16.6. The molecule has 0 spiro atoms. The zero-order chi connectivity index (χ0) is 18.6. The summed E-state index contributed by atoms with van der Waals surface area (Å²) in [6.45, 7) is 10.9. The maximum absolute atomic E-state index is 12.2. The molecule has 0 saturated heterocycles. The SMILES string of the molecule is C=C(OCC)c1n[nH]c2ccc(C(=O)OCC(=O)OC(C)(C)C)cc12. The number of aromatic nitrogens is 2. The molecule has 0 atom stereocenters. The highest BCUT2D eigenvalue weighted by Crippen LogP contribution is 2.24. The lowest BCUT2D eigenvalue weighted by Crippen LogP contribution is -2.27. The van der Waals surface area contributed by atoms with Crippen molar-refractivity contribution < 1.29 is 23.8 Å². The Hall–Kier alpha value is -2.83. The van der Waals surface area contributed by atoms with Gasteiger partial charge < -0.3 is 14.2 Å². The Morgan fingerprint density at radius 2 is 1.96 bits per heavy atom. The number of hydrogen-bond acceptors (Lipinski definition) is 6. The van der Waals surface area contributed by atoms with E-state index in [0.717, 1.165) is 5.52 Å². The Bertz CT molecular complexity index is 801. The fourth-order valence-electron chi connectivity index (χ4n) is 2.17. The van der Waals surface area contributed by atoms with Gasteiger partial charge >= 0.3 is 11.9 Å². The fraction of sp³-hybridized carbons (Fsp3) is 0.389. The van der Waals surface area contributed by atoms with Crippen LogP contribution in [0.3, 0.4) is 0 Å². The minimum atomic E-state index is -0.631. The van der Waals surface area contributed by atoms with E-state index >= 15 is 0 Å². The summed E-state index contributed by atoms with van der Waals surface area (Å²) in [7, 11) is 0. The summed E-state index contributed by atoms with van der Waals surface area (Å²) in [5.74, 6) is -0.814. The number of nitrogens with zero attached hydrogens (tertiary/aromatic N) is 1. The molecule has 1 aromatic carbocycles. The van der Waals surface area contributed by atoms with Crippen molar-refractivity contribution in [3.63, 3.8) is 0 Å². The van der Waals surface area contributed by atoms with E-state index in [1.165, 1.54) is 0 Å². The normalized spacial score (nSPS) is 11.2. The molecule has 0 saturated carbocycles. The minimum Gasteiger partial charge on any atom is -0.492 e. The number of fused-ring (bicyclic) bond motifs is 1. The lowest BCUT2D eigenvalue weighted by Gasteiger charge is -2.19. The van der Waals surface area contributed by atoms with E-state index < -0.39 is 24.1 Å². The number of hydrogen-bond donors (Lipinski definition) is 1. The number of aromatic amines is 1. The number of benzene rings is 1. The quantitative estimate of drug-likeness (QED) is 0.638.